The van der Waals surface area contributed by atoms with Crippen molar-refractivity contribution in [1.82, 2.24) is 19.8 Å². The van der Waals surface area contributed by atoms with E-state index in [1.807, 2.05) is 23.1 Å². The standard InChI is InChI=1S/C22H23N5O4/c1-25(17(28)14-31-2)19-20(21(29)15-6-5-9-24-18(15)22(19)30)27-12-10-26(11-13-27)16-7-3-4-8-23-16/h3-9H,10-14H2,1-2H3. The maximum Gasteiger partial charge on any atom is 0.252 e. The number of hydrogen-bond acceptors (Lipinski definition) is 8. The molecule has 0 radical (unpaired) electrons. The lowest BCUT2D eigenvalue weighted by atomic mass is 9.92. The summed E-state index contributed by atoms with van der Waals surface area (Å²) in [6, 6.07) is 8.96. The zero-order valence-electron chi connectivity index (χ0n) is 17.4. The third-order valence-electron chi connectivity index (χ3n) is 5.47. The van der Waals surface area contributed by atoms with Crippen molar-refractivity contribution in [2.75, 3.05) is 51.8 Å². The molecule has 9 nitrogen and oxygen atoms in total. The fourth-order valence-corrected chi connectivity index (χ4v) is 3.87. The van der Waals surface area contributed by atoms with Gasteiger partial charge in [0.2, 0.25) is 11.6 Å². The Hall–Kier alpha value is -3.59. The maximum atomic E-state index is 13.4. The number of ketones is 2. The highest BCUT2D eigenvalue weighted by Gasteiger charge is 2.40. The van der Waals surface area contributed by atoms with Crippen LogP contribution >= 0.6 is 0 Å². The highest BCUT2D eigenvalue weighted by atomic mass is 16.5. The number of anilines is 1. The number of methoxy groups -OCH3 is 1. The molecule has 1 amide bonds. The molecule has 2 aromatic heterocycles. The van der Waals surface area contributed by atoms with E-state index in [1.54, 1.807) is 18.3 Å². The zero-order valence-corrected chi connectivity index (χ0v) is 17.4. The van der Waals surface area contributed by atoms with Crippen LogP contribution in [0.2, 0.25) is 0 Å². The molecule has 0 spiro atoms. The average molecular weight is 421 g/mol. The number of hydrogen-bond donors (Lipinski definition) is 0. The molecular weight excluding hydrogens is 398 g/mol. The summed E-state index contributed by atoms with van der Waals surface area (Å²) in [5.41, 5.74) is 0.601. The van der Waals surface area contributed by atoms with Gasteiger partial charge in [-0.15, -0.1) is 0 Å². The molecule has 1 aliphatic heterocycles. The van der Waals surface area contributed by atoms with Crippen LogP contribution in [0, 0.1) is 0 Å². The van der Waals surface area contributed by atoms with E-state index in [4.69, 9.17) is 4.74 Å². The smallest absolute Gasteiger partial charge is 0.252 e. The second-order valence-electron chi connectivity index (χ2n) is 7.30. The molecule has 3 heterocycles. The Morgan fingerprint density at radius 3 is 2.39 bits per heavy atom. The lowest BCUT2D eigenvalue weighted by molar-refractivity contribution is -0.131. The molecule has 0 aromatic carbocycles. The van der Waals surface area contributed by atoms with Crippen molar-refractivity contribution in [1.29, 1.82) is 0 Å². The number of nitrogens with zero attached hydrogens (tertiary/aromatic N) is 5. The van der Waals surface area contributed by atoms with Crippen molar-refractivity contribution >= 4 is 23.3 Å². The van der Waals surface area contributed by atoms with Gasteiger partial charge < -0.3 is 19.4 Å². The summed E-state index contributed by atoms with van der Waals surface area (Å²) in [4.78, 5) is 52.9. The lowest BCUT2D eigenvalue weighted by Crippen LogP contribution is -2.50. The van der Waals surface area contributed by atoms with Crippen LogP contribution in [-0.4, -0.2) is 84.2 Å². The van der Waals surface area contributed by atoms with Gasteiger partial charge in [0.1, 0.15) is 29.5 Å². The van der Waals surface area contributed by atoms with E-state index in [0.29, 0.717) is 26.2 Å². The number of ether oxygens (including phenoxy) is 1. The van der Waals surface area contributed by atoms with Crippen molar-refractivity contribution < 1.29 is 19.1 Å². The van der Waals surface area contributed by atoms with Crippen LogP contribution in [0.4, 0.5) is 5.82 Å². The highest BCUT2D eigenvalue weighted by molar-refractivity contribution is 6.26. The maximum absolute atomic E-state index is 13.4. The Morgan fingerprint density at radius 1 is 1.00 bits per heavy atom. The van der Waals surface area contributed by atoms with Gasteiger partial charge in [0.15, 0.2) is 0 Å². The molecule has 1 saturated heterocycles. The number of likely N-dealkylation sites (N-methyl/N-ethyl adjacent to an activating group) is 1. The van der Waals surface area contributed by atoms with E-state index in [0.717, 1.165) is 5.82 Å². The molecule has 1 fully saturated rings. The molecule has 0 saturated carbocycles. The third kappa shape index (κ3) is 3.79. The van der Waals surface area contributed by atoms with E-state index in [2.05, 4.69) is 14.9 Å². The number of pyridine rings is 2. The number of piperazine rings is 1. The molecule has 0 bridgehead atoms. The van der Waals surface area contributed by atoms with Gasteiger partial charge in [0, 0.05) is 52.7 Å². The van der Waals surface area contributed by atoms with Crippen molar-refractivity contribution in [3.05, 3.63) is 65.4 Å². The molecule has 160 valence electrons. The Bertz CT molecular complexity index is 1040. The van der Waals surface area contributed by atoms with Crippen LogP contribution in [0.5, 0.6) is 0 Å². The van der Waals surface area contributed by atoms with Gasteiger partial charge in [-0.05, 0) is 24.3 Å². The first-order valence-electron chi connectivity index (χ1n) is 9.98. The molecule has 0 N–H and O–H groups in total. The van der Waals surface area contributed by atoms with Crippen LogP contribution in [0.1, 0.15) is 20.8 Å². The number of allylic oxidation sites excluding steroid dienone is 2. The molecule has 1 aliphatic carbocycles. The van der Waals surface area contributed by atoms with Crippen LogP contribution in [-0.2, 0) is 9.53 Å². The molecule has 4 rings (SSSR count). The average Bonchev–Trinajstić information content (AvgIpc) is 2.81. The molecular formula is C22H23N5O4. The SMILES string of the molecule is COCC(=O)N(C)C1=C(N2CCN(c3ccccn3)CC2)C(=O)c2cccnc2C1=O. The fraction of sp³-hybridized carbons (Fsp3) is 0.318. The first-order chi connectivity index (χ1) is 15.0. The number of amides is 1. The van der Waals surface area contributed by atoms with E-state index in [-0.39, 0.29) is 35.0 Å². The largest absolute Gasteiger partial charge is 0.375 e. The Balaban J connectivity index is 1.69. The zero-order chi connectivity index (χ0) is 22.0. The second-order valence-corrected chi connectivity index (χ2v) is 7.30. The van der Waals surface area contributed by atoms with Crippen molar-refractivity contribution in [3.63, 3.8) is 0 Å². The summed E-state index contributed by atoms with van der Waals surface area (Å²) in [6.07, 6.45) is 3.21. The highest BCUT2D eigenvalue weighted by Crippen LogP contribution is 2.30. The summed E-state index contributed by atoms with van der Waals surface area (Å²) in [7, 11) is 2.89. The van der Waals surface area contributed by atoms with Crippen LogP contribution in [0.15, 0.2) is 54.1 Å². The first kappa shape index (κ1) is 20.7. The van der Waals surface area contributed by atoms with E-state index < -0.39 is 11.7 Å². The van der Waals surface area contributed by atoms with E-state index in [1.165, 1.54) is 25.3 Å². The monoisotopic (exact) mass is 421 g/mol. The van der Waals surface area contributed by atoms with Gasteiger partial charge in [-0.25, -0.2) is 4.98 Å². The minimum absolute atomic E-state index is 0.0459. The normalized spacial score (nSPS) is 16.5. The summed E-state index contributed by atoms with van der Waals surface area (Å²) < 4.78 is 4.94. The van der Waals surface area contributed by atoms with Crippen LogP contribution < -0.4 is 4.90 Å². The predicted molar refractivity (Wildman–Crippen MR) is 113 cm³/mol. The Morgan fingerprint density at radius 2 is 1.71 bits per heavy atom. The number of carbonyl (C=O) groups excluding carboxylic acids is 3. The molecule has 9 heteroatoms. The first-order valence-corrected chi connectivity index (χ1v) is 9.98. The van der Waals surface area contributed by atoms with Gasteiger partial charge in [-0.2, -0.15) is 0 Å². The quantitative estimate of drug-likeness (QED) is 0.706. The van der Waals surface area contributed by atoms with Crippen molar-refractivity contribution in [2.24, 2.45) is 0 Å². The van der Waals surface area contributed by atoms with Crippen molar-refractivity contribution in [3.8, 4) is 0 Å². The minimum Gasteiger partial charge on any atom is -0.375 e. The summed E-state index contributed by atoms with van der Waals surface area (Å²) in [5, 5.41) is 0. The molecule has 2 aliphatic rings. The Kier molecular flexibility index (Phi) is 5.77. The number of rotatable bonds is 5. The summed E-state index contributed by atoms with van der Waals surface area (Å²) in [5.74, 6) is -0.294. The van der Waals surface area contributed by atoms with E-state index in [9.17, 15) is 14.4 Å². The minimum atomic E-state index is -0.440. The molecule has 2 aromatic rings. The number of Topliss-reactive ketones (excluding diaryl/α,β-unsaturated/α-hetero) is 2. The Labute approximate surface area is 179 Å². The lowest BCUT2D eigenvalue weighted by Gasteiger charge is -2.39. The van der Waals surface area contributed by atoms with Crippen LogP contribution in [0.25, 0.3) is 0 Å². The number of fused-ring (bicyclic) bond motifs is 1. The summed E-state index contributed by atoms with van der Waals surface area (Å²) >= 11 is 0. The second kappa shape index (κ2) is 8.65. The van der Waals surface area contributed by atoms with Crippen molar-refractivity contribution in [2.45, 2.75) is 0 Å². The number of aromatic nitrogens is 2. The van der Waals surface area contributed by atoms with Gasteiger partial charge in [-0.1, -0.05) is 6.07 Å². The predicted octanol–water partition coefficient (Wildman–Crippen LogP) is 0.994. The number of carbonyl (C=O) groups is 3. The van der Waals surface area contributed by atoms with Gasteiger partial charge in [0.05, 0.1) is 5.56 Å². The topological polar surface area (TPSA) is 95.9 Å². The fourth-order valence-electron chi connectivity index (χ4n) is 3.87. The van der Waals surface area contributed by atoms with Gasteiger partial charge in [0.25, 0.3) is 5.91 Å². The molecule has 31 heavy (non-hydrogen) atoms. The third-order valence-corrected chi connectivity index (χ3v) is 5.47. The van der Waals surface area contributed by atoms with Gasteiger partial charge >= 0.3 is 0 Å². The van der Waals surface area contributed by atoms with Crippen LogP contribution in [0.3, 0.4) is 0 Å². The molecule has 0 atom stereocenters. The summed E-state index contributed by atoms with van der Waals surface area (Å²) in [6.45, 7) is 2.08. The van der Waals surface area contributed by atoms with Gasteiger partial charge in [-0.3, -0.25) is 19.4 Å². The van der Waals surface area contributed by atoms with E-state index >= 15 is 0 Å². The molecule has 0 unspecified atom stereocenters.